The van der Waals surface area contributed by atoms with Gasteiger partial charge in [-0.25, -0.2) is 0 Å². The molecular formula is C14H19NO4. The molecule has 1 fully saturated rings. The summed E-state index contributed by atoms with van der Waals surface area (Å²) in [6.07, 6.45) is 3.67. The molecule has 2 N–H and O–H groups in total. The first-order valence-corrected chi connectivity index (χ1v) is 6.65. The lowest BCUT2D eigenvalue weighted by atomic mass is 10.1. The highest BCUT2D eigenvalue weighted by molar-refractivity contribution is 5.51. The lowest BCUT2D eigenvalue weighted by molar-refractivity contribution is 0.0846. The number of benzene rings is 1. The van der Waals surface area contributed by atoms with Crippen molar-refractivity contribution >= 4 is 0 Å². The molecule has 0 aromatic heterocycles. The molecule has 2 aliphatic rings. The number of phenols is 1. The van der Waals surface area contributed by atoms with Crippen molar-refractivity contribution in [2.24, 2.45) is 0 Å². The van der Waals surface area contributed by atoms with E-state index in [4.69, 9.17) is 14.2 Å². The first kappa shape index (κ1) is 12.6. The average Bonchev–Trinajstić information content (AvgIpc) is 3.03. The first-order chi connectivity index (χ1) is 9.28. The second kappa shape index (κ2) is 5.27. The lowest BCUT2D eigenvalue weighted by Gasteiger charge is -2.20. The Morgan fingerprint density at radius 2 is 2.11 bits per heavy atom. The molecule has 1 saturated carbocycles. The van der Waals surface area contributed by atoms with Crippen LogP contribution in [-0.4, -0.2) is 31.2 Å². The molecule has 0 spiro atoms. The lowest BCUT2D eigenvalue weighted by Crippen LogP contribution is -2.36. The van der Waals surface area contributed by atoms with Crippen LogP contribution in [-0.2, 0) is 11.3 Å². The SMILES string of the molecule is COC1CCCC1NCc1cc2c(cc1O)OCO2. The second-order valence-corrected chi connectivity index (χ2v) is 5.03. The van der Waals surface area contributed by atoms with Crippen molar-refractivity contribution in [2.45, 2.75) is 38.0 Å². The molecule has 19 heavy (non-hydrogen) atoms. The van der Waals surface area contributed by atoms with Crippen LogP contribution in [0, 0.1) is 0 Å². The number of hydrogen-bond donors (Lipinski definition) is 2. The van der Waals surface area contributed by atoms with E-state index >= 15 is 0 Å². The third-order valence-electron chi connectivity index (χ3n) is 3.88. The number of hydrogen-bond acceptors (Lipinski definition) is 5. The minimum Gasteiger partial charge on any atom is -0.507 e. The van der Waals surface area contributed by atoms with Crippen molar-refractivity contribution in [3.63, 3.8) is 0 Å². The highest BCUT2D eigenvalue weighted by Crippen LogP contribution is 2.37. The number of rotatable bonds is 4. The zero-order chi connectivity index (χ0) is 13.2. The van der Waals surface area contributed by atoms with E-state index in [-0.39, 0.29) is 18.6 Å². The van der Waals surface area contributed by atoms with Gasteiger partial charge in [-0.3, -0.25) is 0 Å². The summed E-state index contributed by atoms with van der Waals surface area (Å²) in [7, 11) is 1.75. The van der Waals surface area contributed by atoms with E-state index in [1.165, 1.54) is 6.42 Å². The Morgan fingerprint density at radius 3 is 2.89 bits per heavy atom. The summed E-state index contributed by atoms with van der Waals surface area (Å²) < 4.78 is 16.0. The number of fused-ring (bicyclic) bond motifs is 1. The molecule has 2 atom stereocenters. The van der Waals surface area contributed by atoms with Crippen LogP contribution in [0.25, 0.3) is 0 Å². The normalized spacial score (nSPS) is 24.9. The van der Waals surface area contributed by atoms with Crippen molar-refractivity contribution in [2.75, 3.05) is 13.9 Å². The van der Waals surface area contributed by atoms with Gasteiger partial charge in [-0.15, -0.1) is 0 Å². The van der Waals surface area contributed by atoms with Crippen molar-refractivity contribution in [1.29, 1.82) is 0 Å². The van der Waals surface area contributed by atoms with Crippen LogP contribution in [0.15, 0.2) is 12.1 Å². The minimum atomic E-state index is 0.222. The smallest absolute Gasteiger partial charge is 0.231 e. The maximum absolute atomic E-state index is 9.96. The number of methoxy groups -OCH3 is 1. The van der Waals surface area contributed by atoms with Crippen LogP contribution in [0.4, 0.5) is 0 Å². The number of ether oxygens (including phenoxy) is 3. The van der Waals surface area contributed by atoms with Gasteiger partial charge in [0.25, 0.3) is 0 Å². The molecule has 1 aromatic carbocycles. The van der Waals surface area contributed by atoms with Gasteiger partial charge in [0.2, 0.25) is 6.79 Å². The molecule has 1 aliphatic carbocycles. The molecule has 0 saturated heterocycles. The Hall–Kier alpha value is -1.46. The quantitative estimate of drug-likeness (QED) is 0.869. The predicted molar refractivity (Wildman–Crippen MR) is 69.5 cm³/mol. The van der Waals surface area contributed by atoms with Gasteiger partial charge in [-0.05, 0) is 25.3 Å². The molecule has 104 valence electrons. The Bertz CT molecular complexity index is 463. The Kier molecular flexibility index (Phi) is 3.48. The number of aromatic hydroxyl groups is 1. The van der Waals surface area contributed by atoms with Gasteiger partial charge in [0, 0.05) is 31.3 Å². The van der Waals surface area contributed by atoms with Gasteiger partial charge < -0.3 is 24.6 Å². The van der Waals surface area contributed by atoms with E-state index in [9.17, 15) is 5.11 Å². The number of nitrogens with one attached hydrogen (secondary N) is 1. The third kappa shape index (κ3) is 2.48. The summed E-state index contributed by atoms with van der Waals surface area (Å²) in [5, 5.41) is 13.4. The molecule has 0 radical (unpaired) electrons. The first-order valence-electron chi connectivity index (χ1n) is 6.65. The molecule has 0 amide bonds. The maximum Gasteiger partial charge on any atom is 0.231 e. The van der Waals surface area contributed by atoms with E-state index in [1.807, 2.05) is 6.07 Å². The fourth-order valence-electron chi connectivity index (χ4n) is 2.80. The highest BCUT2D eigenvalue weighted by atomic mass is 16.7. The topological polar surface area (TPSA) is 60.0 Å². The van der Waals surface area contributed by atoms with Crippen molar-refractivity contribution in [1.82, 2.24) is 5.32 Å². The molecule has 0 bridgehead atoms. The predicted octanol–water partition coefficient (Wildman–Crippen LogP) is 1.78. The standard InChI is InChI=1S/C14H19NO4/c1-17-12-4-2-3-10(12)15-7-9-5-13-14(6-11(9)16)19-8-18-13/h5-6,10,12,15-16H,2-4,7-8H2,1H3. The van der Waals surface area contributed by atoms with Gasteiger partial charge >= 0.3 is 0 Å². The molecule has 5 heteroatoms. The Morgan fingerprint density at radius 1 is 1.32 bits per heavy atom. The van der Waals surface area contributed by atoms with Gasteiger partial charge in [-0.1, -0.05) is 0 Å². The van der Waals surface area contributed by atoms with Gasteiger partial charge in [0.05, 0.1) is 6.10 Å². The van der Waals surface area contributed by atoms with E-state index < -0.39 is 0 Å². The van der Waals surface area contributed by atoms with Gasteiger partial charge in [-0.2, -0.15) is 0 Å². The van der Waals surface area contributed by atoms with Gasteiger partial charge in [0.1, 0.15) is 5.75 Å². The molecule has 1 aromatic rings. The maximum atomic E-state index is 9.96. The summed E-state index contributed by atoms with van der Waals surface area (Å²) >= 11 is 0. The largest absolute Gasteiger partial charge is 0.507 e. The van der Waals surface area contributed by atoms with Crippen molar-refractivity contribution in [3.05, 3.63) is 17.7 Å². The van der Waals surface area contributed by atoms with Crippen LogP contribution in [0.1, 0.15) is 24.8 Å². The molecule has 5 nitrogen and oxygen atoms in total. The summed E-state index contributed by atoms with van der Waals surface area (Å²) in [4.78, 5) is 0. The van der Waals surface area contributed by atoms with E-state index in [0.29, 0.717) is 24.1 Å². The monoisotopic (exact) mass is 265 g/mol. The summed E-state index contributed by atoms with van der Waals surface area (Å²) in [6, 6.07) is 3.80. The van der Waals surface area contributed by atoms with Crippen LogP contribution in [0.2, 0.25) is 0 Å². The van der Waals surface area contributed by atoms with E-state index in [2.05, 4.69) is 5.32 Å². The number of phenolic OH excluding ortho intramolecular Hbond substituents is 1. The van der Waals surface area contributed by atoms with E-state index in [1.54, 1.807) is 13.2 Å². The van der Waals surface area contributed by atoms with Crippen molar-refractivity contribution in [3.8, 4) is 17.2 Å². The zero-order valence-electron chi connectivity index (χ0n) is 11.0. The molecule has 1 aliphatic heterocycles. The Labute approximate surface area is 112 Å². The minimum absolute atomic E-state index is 0.222. The van der Waals surface area contributed by atoms with Crippen LogP contribution in [0.5, 0.6) is 17.2 Å². The highest BCUT2D eigenvalue weighted by Gasteiger charge is 2.27. The van der Waals surface area contributed by atoms with Crippen LogP contribution in [0.3, 0.4) is 0 Å². The van der Waals surface area contributed by atoms with Gasteiger partial charge in [0.15, 0.2) is 11.5 Å². The molecule has 2 unspecified atom stereocenters. The average molecular weight is 265 g/mol. The van der Waals surface area contributed by atoms with Crippen LogP contribution >= 0.6 is 0 Å². The zero-order valence-corrected chi connectivity index (χ0v) is 11.0. The molecule has 1 heterocycles. The fourth-order valence-corrected chi connectivity index (χ4v) is 2.80. The summed E-state index contributed by atoms with van der Waals surface area (Å²) in [5.41, 5.74) is 0.825. The van der Waals surface area contributed by atoms with Crippen molar-refractivity contribution < 1.29 is 19.3 Å². The molecule has 3 rings (SSSR count). The summed E-state index contributed by atoms with van der Waals surface area (Å²) in [6.45, 7) is 0.826. The summed E-state index contributed by atoms with van der Waals surface area (Å²) in [5.74, 6) is 1.55. The second-order valence-electron chi connectivity index (χ2n) is 5.03. The third-order valence-corrected chi connectivity index (χ3v) is 3.88. The Balaban J connectivity index is 1.67. The van der Waals surface area contributed by atoms with Crippen LogP contribution < -0.4 is 14.8 Å². The van der Waals surface area contributed by atoms with E-state index in [0.717, 1.165) is 18.4 Å². The molecular weight excluding hydrogens is 246 g/mol. The fraction of sp³-hybridized carbons (Fsp3) is 0.571.